The standard InChI is InChI=1S/C11H14N4O5/c1-14(2)11(20)7-3-4-8(13-12-7)15(5-9(16)17)6-10(18)19/h3-4H,5-6H2,1-2H3,(H,16,17)(H,18,19). The Morgan fingerprint density at radius 3 is 1.95 bits per heavy atom. The van der Waals surface area contributed by atoms with Crippen LogP contribution in [-0.4, -0.2) is 70.3 Å². The van der Waals surface area contributed by atoms with E-state index < -0.39 is 25.0 Å². The Labute approximate surface area is 114 Å². The van der Waals surface area contributed by atoms with Gasteiger partial charge in [-0.15, -0.1) is 10.2 Å². The second-order valence-corrected chi connectivity index (χ2v) is 4.12. The van der Waals surface area contributed by atoms with Crippen molar-refractivity contribution in [1.82, 2.24) is 15.1 Å². The monoisotopic (exact) mass is 282 g/mol. The van der Waals surface area contributed by atoms with Gasteiger partial charge in [-0.2, -0.15) is 0 Å². The molecule has 108 valence electrons. The van der Waals surface area contributed by atoms with Gasteiger partial charge in [-0.1, -0.05) is 0 Å². The van der Waals surface area contributed by atoms with E-state index >= 15 is 0 Å². The molecule has 1 rings (SSSR count). The zero-order valence-electron chi connectivity index (χ0n) is 11.0. The zero-order chi connectivity index (χ0) is 15.3. The second-order valence-electron chi connectivity index (χ2n) is 4.12. The van der Waals surface area contributed by atoms with Crippen molar-refractivity contribution in [1.29, 1.82) is 0 Å². The van der Waals surface area contributed by atoms with Crippen molar-refractivity contribution in [3.05, 3.63) is 17.8 Å². The van der Waals surface area contributed by atoms with Crippen LogP contribution >= 0.6 is 0 Å². The van der Waals surface area contributed by atoms with Gasteiger partial charge in [0.2, 0.25) is 0 Å². The van der Waals surface area contributed by atoms with Gasteiger partial charge in [0.05, 0.1) is 0 Å². The molecule has 2 N–H and O–H groups in total. The molecule has 20 heavy (non-hydrogen) atoms. The average Bonchev–Trinajstić information content (AvgIpc) is 2.36. The Bertz CT molecular complexity index is 498. The molecule has 0 aliphatic rings. The van der Waals surface area contributed by atoms with Crippen LogP contribution in [0.25, 0.3) is 0 Å². The molecule has 0 radical (unpaired) electrons. The lowest BCUT2D eigenvalue weighted by Crippen LogP contribution is -2.35. The molecule has 1 amide bonds. The van der Waals surface area contributed by atoms with Crippen molar-refractivity contribution in [3.63, 3.8) is 0 Å². The van der Waals surface area contributed by atoms with Crippen LogP contribution in [0.3, 0.4) is 0 Å². The van der Waals surface area contributed by atoms with E-state index in [4.69, 9.17) is 10.2 Å². The van der Waals surface area contributed by atoms with Crippen molar-refractivity contribution in [2.24, 2.45) is 0 Å². The molecule has 0 saturated carbocycles. The molecule has 9 heteroatoms. The number of aliphatic carboxylic acids is 2. The van der Waals surface area contributed by atoms with E-state index in [0.717, 1.165) is 4.90 Å². The van der Waals surface area contributed by atoms with Crippen LogP contribution < -0.4 is 4.90 Å². The van der Waals surface area contributed by atoms with Crippen LogP contribution in [0, 0.1) is 0 Å². The number of anilines is 1. The summed E-state index contributed by atoms with van der Waals surface area (Å²) in [6.07, 6.45) is 0. The number of carboxylic acid groups (broad SMARTS) is 2. The highest BCUT2D eigenvalue weighted by Gasteiger charge is 2.17. The molecule has 0 atom stereocenters. The molecule has 0 spiro atoms. The molecule has 1 aromatic heterocycles. The number of hydrogen-bond acceptors (Lipinski definition) is 6. The quantitative estimate of drug-likeness (QED) is 0.691. The lowest BCUT2D eigenvalue weighted by atomic mass is 10.3. The van der Waals surface area contributed by atoms with Gasteiger partial charge in [0, 0.05) is 14.1 Å². The van der Waals surface area contributed by atoms with Crippen LogP contribution in [0.1, 0.15) is 10.5 Å². The van der Waals surface area contributed by atoms with Gasteiger partial charge in [-0.3, -0.25) is 14.4 Å². The van der Waals surface area contributed by atoms with Crippen molar-refractivity contribution in [2.45, 2.75) is 0 Å². The van der Waals surface area contributed by atoms with Gasteiger partial charge in [0.1, 0.15) is 13.1 Å². The third-order valence-electron chi connectivity index (χ3n) is 2.25. The summed E-state index contributed by atoms with van der Waals surface area (Å²) in [4.78, 5) is 35.3. The van der Waals surface area contributed by atoms with Crippen LogP contribution in [0.2, 0.25) is 0 Å². The number of aromatic nitrogens is 2. The minimum Gasteiger partial charge on any atom is -0.480 e. The highest BCUT2D eigenvalue weighted by Crippen LogP contribution is 2.10. The molecular weight excluding hydrogens is 268 g/mol. The predicted molar refractivity (Wildman–Crippen MR) is 67.5 cm³/mol. The number of nitrogens with zero attached hydrogens (tertiary/aromatic N) is 4. The van der Waals surface area contributed by atoms with Crippen molar-refractivity contribution >= 4 is 23.7 Å². The number of amides is 1. The fourth-order valence-electron chi connectivity index (χ4n) is 1.38. The number of hydrogen-bond donors (Lipinski definition) is 2. The van der Waals surface area contributed by atoms with E-state index in [1.54, 1.807) is 14.1 Å². The maximum Gasteiger partial charge on any atom is 0.323 e. The van der Waals surface area contributed by atoms with E-state index in [0.29, 0.717) is 0 Å². The molecule has 0 saturated heterocycles. The van der Waals surface area contributed by atoms with E-state index in [-0.39, 0.29) is 17.4 Å². The summed E-state index contributed by atoms with van der Waals surface area (Å²) in [5, 5.41) is 24.8. The van der Waals surface area contributed by atoms with E-state index in [1.165, 1.54) is 17.0 Å². The third kappa shape index (κ3) is 4.19. The Morgan fingerprint density at radius 1 is 1.05 bits per heavy atom. The molecule has 0 fully saturated rings. The molecule has 1 aromatic rings. The first-order valence-corrected chi connectivity index (χ1v) is 5.55. The first-order valence-electron chi connectivity index (χ1n) is 5.55. The van der Waals surface area contributed by atoms with Crippen molar-refractivity contribution in [2.75, 3.05) is 32.1 Å². The summed E-state index contributed by atoms with van der Waals surface area (Å²) in [5.41, 5.74) is 0.0874. The summed E-state index contributed by atoms with van der Waals surface area (Å²) < 4.78 is 0. The van der Waals surface area contributed by atoms with Crippen LogP contribution in [0.4, 0.5) is 5.82 Å². The number of carboxylic acids is 2. The third-order valence-corrected chi connectivity index (χ3v) is 2.25. The molecule has 9 nitrogen and oxygen atoms in total. The Hall–Kier alpha value is -2.71. The van der Waals surface area contributed by atoms with Crippen LogP contribution in [-0.2, 0) is 9.59 Å². The van der Waals surface area contributed by atoms with Crippen molar-refractivity contribution in [3.8, 4) is 0 Å². The fourth-order valence-corrected chi connectivity index (χ4v) is 1.38. The fraction of sp³-hybridized carbons (Fsp3) is 0.364. The molecule has 1 heterocycles. The maximum atomic E-state index is 11.6. The molecule has 0 bridgehead atoms. The zero-order valence-corrected chi connectivity index (χ0v) is 11.0. The second kappa shape index (κ2) is 6.45. The Balaban J connectivity index is 2.95. The minimum absolute atomic E-state index is 0.0742. The number of carbonyl (C=O) groups is 3. The largest absolute Gasteiger partial charge is 0.480 e. The van der Waals surface area contributed by atoms with Gasteiger partial charge in [-0.05, 0) is 12.1 Å². The van der Waals surface area contributed by atoms with Crippen molar-refractivity contribution < 1.29 is 24.6 Å². The van der Waals surface area contributed by atoms with E-state index in [1.807, 2.05) is 0 Å². The lowest BCUT2D eigenvalue weighted by Gasteiger charge is -2.18. The van der Waals surface area contributed by atoms with Gasteiger partial charge in [0.15, 0.2) is 11.5 Å². The van der Waals surface area contributed by atoms with E-state index in [9.17, 15) is 14.4 Å². The smallest absolute Gasteiger partial charge is 0.323 e. The van der Waals surface area contributed by atoms with Gasteiger partial charge in [0.25, 0.3) is 5.91 Å². The molecule has 0 aliphatic heterocycles. The molecule has 0 aliphatic carbocycles. The first kappa shape index (κ1) is 15.3. The summed E-state index contributed by atoms with van der Waals surface area (Å²) >= 11 is 0. The maximum absolute atomic E-state index is 11.6. The lowest BCUT2D eigenvalue weighted by molar-refractivity contribution is -0.136. The number of carbonyl (C=O) groups excluding carboxylic acids is 1. The Kier molecular flexibility index (Phi) is 4.95. The molecule has 0 unspecified atom stereocenters. The highest BCUT2D eigenvalue weighted by atomic mass is 16.4. The van der Waals surface area contributed by atoms with E-state index in [2.05, 4.69) is 10.2 Å². The Morgan fingerprint density at radius 2 is 1.60 bits per heavy atom. The van der Waals surface area contributed by atoms with Gasteiger partial charge < -0.3 is 20.0 Å². The van der Waals surface area contributed by atoms with Gasteiger partial charge >= 0.3 is 11.9 Å². The minimum atomic E-state index is -1.19. The topological polar surface area (TPSA) is 124 Å². The molecular formula is C11H14N4O5. The summed E-state index contributed by atoms with van der Waals surface area (Å²) in [6.45, 7) is -1.05. The predicted octanol–water partition coefficient (Wildman–Crippen LogP) is -0.846. The summed E-state index contributed by atoms with van der Waals surface area (Å²) in [6, 6.07) is 2.72. The van der Waals surface area contributed by atoms with Crippen LogP contribution in [0.15, 0.2) is 12.1 Å². The highest BCUT2D eigenvalue weighted by molar-refractivity contribution is 5.91. The van der Waals surface area contributed by atoms with Crippen LogP contribution in [0.5, 0.6) is 0 Å². The summed E-state index contributed by atoms with van der Waals surface area (Å²) in [7, 11) is 3.11. The SMILES string of the molecule is CN(C)C(=O)c1ccc(N(CC(=O)O)CC(=O)O)nn1. The molecule has 0 aromatic carbocycles. The number of rotatable bonds is 6. The summed E-state index contributed by atoms with van der Waals surface area (Å²) in [5.74, 6) is -2.67. The van der Waals surface area contributed by atoms with Gasteiger partial charge in [-0.25, -0.2) is 0 Å². The first-order chi connectivity index (χ1) is 9.31. The normalized spacial score (nSPS) is 9.90. The average molecular weight is 282 g/mol.